The second-order valence-electron chi connectivity index (χ2n) is 10.8. The maximum Gasteiger partial charge on any atom is 0.348 e. The fourth-order valence-electron chi connectivity index (χ4n) is 5.91. The third-order valence-corrected chi connectivity index (χ3v) is 8.13. The van der Waals surface area contributed by atoms with Crippen molar-refractivity contribution in [1.29, 1.82) is 5.41 Å². The van der Waals surface area contributed by atoms with E-state index in [1.165, 1.54) is 13.9 Å². The first-order valence-corrected chi connectivity index (χ1v) is 13.6. The van der Waals surface area contributed by atoms with Gasteiger partial charge in [0, 0.05) is 24.9 Å². The summed E-state index contributed by atoms with van der Waals surface area (Å²) >= 11 is 0. The molecule has 1 amide bonds. The van der Waals surface area contributed by atoms with Gasteiger partial charge < -0.3 is 11.1 Å². The van der Waals surface area contributed by atoms with Crippen molar-refractivity contribution in [2.24, 2.45) is 17.6 Å². The first-order valence-electron chi connectivity index (χ1n) is 13.6. The lowest BCUT2D eigenvalue weighted by Gasteiger charge is -2.28. The summed E-state index contributed by atoms with van der Waals surface area (Å²) < 4.78 is 3.97. The number of rotatable bonds is 8. The number of carbonyl (C=O) groups is 1. The van der Waals surface area contributed by atoms with Crippen LogP contribution in [0.25, 0.3) is 0 Å². The van der Waals surface area contributed by atoms with Crippen molar-refractivity contribution in [2.45, 2.75) is 57.7 Å². The van der Waals surface area contributed by atoms with Crippen molar-refractivity contribution in [2.75, 3.05) is 6.54 Å². The number of fused-ring (bicyclic) bond motifs is 1. The molecular formula is C30H36N6O3. The minimum atomic E-state index is -0.888. The lowest BCUT2D eigenvalue weighted by Crippen LogP contribution is -2.43. The van der Waals surface area contributed by atoms with E-state index in [1.54, 1.807) is 6.08 Å². The second-order valence-corrected chi connectivity index (χ2v) is 10.8. The van der Waals surface area contributed by atoms with Crippen LogP contribution in [0.3, 0.4) is 0 Å². The Hall–Kier alpha value is -4.14. The number of amides is 1. The summed E-state index contributed by atoms with van der Waals surface area (Å²) in [6.45, 7) is 2.81. The molecule has 1 saturated carbocycles. The highest BCUT2D eigenvalue weighted by molar-refractivity contribution is 5.82. The van der Waals surface area contributed by atoms with Crippen molar-refractivity contribution >= 4 is 11.7 Å². The molecule has 2 heterocycles. The maximum absolute atomic E-state index is 13.7. The van der Waals surface area contributed by atoms with Crippen molar-refractivity contribution in [1.82, 2.24) is 19.2 Å². The molecule has 0 radical (unpaired) electrons. The number of allylic oxidation sites excluding steroid dienone is 1. The van der Waals surface area contributed by atoms with E-state index in [0.717, 1.165) is 42.4 Å². The Kier molecular flexibility index (Phi) is 7.67. The fraction of sp³-hybridized carbons (Fsp3) is 0.400. The highest BCUT2D eigenvalue weighted by atomic mass is 16.2. The number of hydrogen-bond acceptors (Lipinski definition) is 4. The predicted molar refractivity (Wildman–Crippen MR) is 151 cm³/mol. The van der Waals surface area contributed by atoms with Crippen LogP contribution in [0.5, 0.6) is 0 Å². The van der Waals surface area contributed by atoms with Crippen molar-refractivity contribution < 1.29 is 4.79 Å². The number of carbonyl (C=O) groups excluding carboxylic acids is 1. The number of aromatic nitrogens is 3. The molecule has 1 aliphatic heterocycles. The van der Waals surface area contributed by atoms with E-state index in [0.29, 0.717) is 12.5 Å². The Bertz CT molecular complexity index is 1440. The molecule has 1 atom stereocenters. The standard InChI is InChI=1S/C30H36N6O3/c1-20-16-26(28(37)33-17-21-12-14-24(15-13-21)27(31)32)36-30(39)34(29(38)35(36)18-20)19-25(22-8-4-2-5-9-22)23-10-6-3-7-11-23/h2-11,16,21,24-26H,12-15,17-19H2,1H3,(H3,31,32)(H,33,37)/t21?,24?,26-/m0/s1. The van der Waals surface area contributed by atoms with E-state index < -0.39 is 17.4 Å². The van der Waals surface area contributed by atoms with Crippen LogP contribution < -0.4 is 22.4 Å². The highest BCUT2D eigenvalue weighted by Gasteiger charge is 2.32. The van der Waals surface area contributed by atoms with Gasteiger partial charge in [-0.1, -0.05) is 66.2 Å². The number of hydrogen-bond donors (Lipinski definition) is 3. The summed E-state index contributed by atoms with van der Waals surface area (Å²) in [5.74, 6) is 0.181. The van der Waals surface area contributed by atoms with Crippen molar-refractivity contribution in [3.63, 3.8) is 0 Å². The molecule has 39 heavy (non-hydrogen) atoms. The summed E-state index contributed by atoms with van der Waals surface area (Å²) in [4.78, 5) is 40.6. The molecule has 1 fully saturated rings. The van der Waals surface area contributed by atoms with Crippen molar-refractivity contribution in [3.05, 3.63) is 104 Å². The van der Waals surface area contributed by atoms with E-state index >= 15 is 0 Å². The van der Waals surface area contributed by atoms with E-state index in [1.807, 2.05) is 67.6 Å². The Morgan fingerprint density at radius 3 is 2.13 bits per heavy atom. The second kappa shape index (κ2) is 11.3. The zero-order chi connectivity index (χ0) is 27.5. The van der Waals surface area contributed by atoms with Crippen LogP contribution in [-0.4, -0.2) is 32.2 Å². The summed E-state index contributed by atoms with van der Waals surface area (Å²) in [6, 6.07) is 18.8. The van der Waals surface area contributed by atoms with Gasteiger partial charge in [0.05, 0.1) is 12.4 Å². The number of benzene rings is 2. The molecule has 1 aromatic heterocycles. The summed E-state index contributed by atoms with van der Waals surface area (Å²) in [5.41, 5.74) is 7.64. The number of amidine groups is 1. The molecule has 0 spiro atoms. The van der Waals surface area contributed by atoms with Gasteiger partial charge in [0.25, 0.3) is 0 Å². The Morgan fingerprint density at radius 1 is 0.974 bits per heavy atom. The Balaban J connectivity index is 1.39. The molecule has 0 bridgehead atoms. The smallest absolute Gasteiger partial charge is 0.348 e. The van der Waals surface area contributed by atoms with Crippen molar-refractivity contribution in [3.8, 4) is 0 Å². The molecule has 5 rings (SSSR count). The average Bonchev–Trinajstić information content (AvgIpc) is 3.19. The SMILES string of the molecule is CC1=C[C@@H](C(=O)NCC2CCC(C(=N)N)CC2)n2c(=O)n(CC(c3ccccc3)c3ccccc3)c(=O)n2C1. The van der Waals surface area contributed by atoms with E-state index in [4.69, 9.17) is 11.1 Å². The summed E-state index contributed by atoms with van der Waals surface area (Å²) in [6.07, 6.45) is 5.27. The Morgan fingerprint density at radius 2 is 1.56 bits per heavy atom. The highest BCUT2D eigenvalue weighted by Crippen LogP contribution is 2.29. The molecule has 204 valence electrons. The zero-order valence-electron chi connectivity index (χ0n) is 22.3. The van der Waals surface area contributed by atoms with Crippen LogP contribution in [0.15, 0.2) is 81.9 Å². The van der Waals surface area contributed by atoms with Crippen LogP contribution in [0.1, 0.15) is 55.7 Å². The third kappa shape index (κ3) is 5.53. The molecule has 4 N–H and O–H groups in total. The van der Waals surface area contributed by atoms with Crippen LogP contribution in [0, 0.1) is 17.2 Å². The first-order chi connectivity index (χ1) is 18.8. The minimum Gasteiger partial charge on any atom is -0.387 e. The first kappa shape index (κ1) is 26.5. The van der Waals surface area contributed by atoms with E-state index in [2.05, 4.69) is 5.32 Å². The maximum atomic E-state index is 13.7. The van der Waals surface area contributed by atoms with E-state index in [-0.39, 0.29) is 36.7 Å². The molecular weight excluding hydrogens is 492 g/mol. The normalized spacial score (nSPS) is 20.8. The molecule has 2 aromatic carbocycles. The van der Waals surface area contributed by atoms with E-state index in [9.17, 15) is 14.4 Å². The van der Waals surface area contributed by atoms with Gasteiger partial charge in [-0.3, -0.25) is 10.2 Å². The topological polar surface area (TPSA) is 128 Å². The van der Waals surface area contributed by atoms with Crippen LogP contribution in [-0.2, 0) is 17.9 Å². The Labute approximate surface area is 227 Å². The molecule has 0 saturated heterocycles. The number of nitrogens with two attached hydrogens (primary N) is 1. The van der Waals surface area contributed by atoms with Gasteiger partial charge in [-0.2, -0.15) is 0 Å². The van der Waals surface area contributed by atoms with Gasteiger partial charge in [0.15, 0.2) is 6.04 Å². The molecule has 9 nitrogen and oxygen atoms in total. The monoisotopic (exact) mass is 528 g/mol. The van der Waals surface area contributed by atoms with Gasteiger partial charge in [-0.25, -0.2) is 23.5 Å². The van der Waals surface area contributed by atoms with Gasteiger partial charge in [0.2, 0.25) is 5.91 Å². The molecule has 3 aromatic rings. The fourth-order valence-corrected chi connectivity index (χ4v) is 5.91. The molecule has 1 aliphatic carbocycles. The lowest BCUT2D eigenvalue weighted by atomic mass is 9.81. The molecule has 2 aliphatic rings. The van der Waals surface area contributed by atoms with Crippen LogP contribution >= 0.6 is 0 Å². The summed E-state index contributed by atoms with van der Waals surface area (Å²) in [7, 11) is 0. The average molecular weight is 529 g/mol. The quantitative estimate of drug-likeness (QED) is 0.236. The minimum absolute atomic E-state index is 0.129. The van der Waals surface area contributed by atoms with Crippen LogP contribution in [0.2, 0.25) is 0 Å². The molecule has 9 heteroatoms. The zero-order valence-corrected chi connectivity index (χ0v) is 22.3. The molecule has 0 unspecified atom stereocenters. The number of nitrogens with one attached hydrogen (secondary N) is 2. The third-order valence-electron chi connectivity index (χ3n) is 8.13. The summed E-state index contributed by atoms with van der Waals surface area (Å²) in [5, 5.41) is 10.7. The predicted octanol–water partition coefficient (Wildman–Crippen LogP) is 3.00. The number of nitrogens with zero attached hydrogens (tertiary/aromatic N) is 3. The lowest BCUT2D eigenvalue weighted by molar-refractivity contribution is -0.124. The van der Waals surface area contributed by atoms with Gasteiger partial charge in [-0.15, -0.1) is 0 Å². The van der Waals surface area contributed by atoms with Crippen LogP contribution in [0.4, 0.5) is 0 Å². The van der Waals surface area contributed by atoms with Gasteiger partial charge >= 0.3 is 11.4 Å². The van der Waals surface area contributed by atoms with Gasteiger partial charge in [0.1, 0.15) is 0 Å². The largest absolute Gasteiger partial charge is 0.387 e. The van der Waals surface area contributed by atoms with Gasteiger partial charge in [-0.05, 0) is 55.7 Å².